The molecule has 1 atom stereocenters. The number of hydrogen-bond donors (Lipinski definition) is 0. The van der Waals surface area contributed by atoms with Crippen LogP contribution < -0.4 is 0 Å². The molecule has 0 aromatic heterocycles. The van der Waals surface area contributed by atoms with Gasteiger partial charge in [-0.05, 0) is 6.92 Å². The van der Waals surface area contributed by atoms with Gasteiger partial charge in [-0.2, -0.15) is 10.1 Å². The third-order valence-corrected chi connectivity index (χ3v) is 0.973. The molecule has 0 aromatic carbocycles. The van der Waals surface area contributed by atoms with Gasteiger partial charge in [0.25, 0.3) is 0 Å². The van der Waals surface area contributed by atoms with E-state index in [2.05, 4.69) is 21.1 Å². The van der Waals surface area contributed by atoms with Crippen molar-refractivity contribution in [3.63, 3.8) is 0 Å². The Morgan fingerprint density at radius 3 is 2.67 bits per heavy atom. The molecule has 66 valence electrons. The van der Waals surface area contributed by atoms with Crippen LogP contribution in [0.4, 0.5) is 0 Å². The monoisotopic (exact) mass is 171 g/mol. The SMILES string of the molecule is C=C(C#N)C(=O)OOC(C)OC. The van der Waals surface area contributed by atoms with Gasteiger partial charge in [0, 0.05) is 7.11 Å². The van der Waals surface area contributed by atoms with Crippen molar-refractivity contribution in [2.75, 3.05) is 7.11 Å². The van der Waals surface area contributed by atoms with E-state index >= 15 is 0 Å². The van der Waals surface area contributed by atoms with Crippen LogP contribution in [0.15, 0.2) is 12.2 Å². The Bertz CT molecular complexity index is 218. The maximum absolute atomic E-state index is 10.7. The third kappa shape index (κ3) is 3.71. The molecule has 0 aliphatic heterocycles. The molecule has 0 spiro atoms. The third-order valence-electron chi connectivity index (χ3n) is 0.973. The number of carbonyl (C=O) groups excluding carboxylic acids is 1. The van der Waals surface area contributed by atoms with E-state index in [1.165, 1.54) is 20.1 Å². The smallest absolute Gasteiger partial charge is 0.352 e. The first kappa shape index (κ1) is 10.6. The molecule has 5 nitrogen and oxygen atoms in total. The van der Waals surface area contributed by atoms with Gasteiger partial charge < -0.3 is 4.74 Å². The molecule has 0 amide bonds. The summed E-state index contributed by atoms with van der Waals surface area (Å²) in [6, 6.07) is 1.52. The Morgan fingerprint density at radius 1 is 1.67 bits per heavy atom. The minimum atomic E-state index is -0.915. The van der Waals surface area contributed by atoms with Crippen LogP contribution >= 0.6 is 0 Å². The second-order valence-corrected chi connectivity index (χ2v) is 1.86. The Morgan fingerprint density at radius 2 is 2.25 bits per heavy atom. The molecule has 1 unspecified atom stereocenters. The number of ether oxygens (including phenoxy) is 1. The molecule has 0 aromatic rings. The Balaban J connectivity index is 3.74. The van der Waals surface area contributed by atoms with E-state index in [-0.39, 0.29) is 5.57 Å². The molecule has 0 rings (SSSR count). The van der Waals surface area contributed by atoms with Crippen LogP contribution in [0.25, 0.3) is 0 Å². The highest BCUT2D eigenvalue weighted by Crippen LogP contribution is 1.97. The summed E-state index contributed by atoms with van der Waals surface area (Å²) in [6.45, 7) is 4.65. The van der Waals surface area contributed by atoms with Crippen LogP contribution in [0.5, 0.6) is 0 Å². The first-order valence-electron chi connectivity index (χ1n) is 3.11. The largest absolute Gasteiger partial charge is 0.383 e. The highest BCUT2D eigenvalue weighted by Gasteiger charge is 2.10. The van der Waals surface area contributed by atoms with E-state index in [0.29, 0.717) is 0 Å². The number of carbonyl (C=O) groups is 1. The molecule has 0 heterocycles. The van der Waals surface area contributed by atoms with Crippen molar-refractivity contribution in [3.8, 4) is 6.07 Å². The van der Waals surface area contributed by atoms with Gasteiger partial charge in [0.1, 0.15) is 11.6 Å². The van der Waals surface area contributed by atoms with Gasteiger partial charge in [-0.3, -0.25) is 4.89 Å². The lowest BCUT2D eigenvalue weighted by atomic mass is 10.4. The summed E-state index contributed by atoms with van der Waals surface area (Å²) in [5.74, 6) is -0.915. The average molecular weight is 171 g/mol. The van der Waals surface area contributed by atoms with E-state index < -0.39 is 12.3 Å². The maximum atomic E-state index is 10.7. The lowest BCUT2D eigenvalue weighted by Gasteiger charge is -2.07. The highest BCUT2D eigenvalue weighted by atomic mass is 17.2. The molecule has 0 N–H and O–H groups in total. The van der Waals surface area contributed by atoms with Crippen LogP contribution in [0, 0.1) is 11.3 Å². The second-order valence-electron chi connectivity index (χ2n) is 1.86. The summed E-state index contributed by atoms with van der Waals surface area (Å²) in [5, 5.41) is 8.19. The summed E-state index contributed by atoms with van der Waals surface area (Å²) in [5.41, 5.74) is -0.321. The standard InChI is InChI=1S/C7H9NO4/c1-5(4-8)7(9)12-11-6(2)10-3/h6H,1H2,2-3H3. The Labute approximate surface area is 70.1 Å². The molecule has 0 bridgehead atoms. The van der Waals surface area contributed by atoms with Crippen LogP contribution in [0.3, 0.4) is 0 Å². The lowest BCUT2D eigenvalue weighted by molar-refractivity contribution is -0.339. The Hall–Kier alpha value is -1.38. The summed E-state index contributed by atoms with van der Waals surface area (Å²) in [4.78, 5) is 19.2. The fourth-order valence-electron chi connectivity index (χ4n) is 0.247. The van der Waals surface area contributed by atoms with Crippen molar-refractivity contribution < 1.29 is 19.3 Å². The van der Waals surface area contributed by atoms with Crippen molar-refractivity contribution in [2.24, 2.45) is 0 Å². The number of methoxy groups -OCH3 is 1. The van der Waals surface area contributed by atoms with E-state index in [9.17, 15) is 4.79 Å². The minimum Gasteiger partial charge on any atom is -0.352 e. The van der Waals surface area contributed by atoms with E-state index in [1.807, 2.05) is 0 Å². The fraction of sp³-hybridized carbons (Fsp3) is 0.429. The maximum Gasteiger partial charge on any atom is 0.383 e. The predicted octanol–water partition coefficient (Wildman–Crippen LogP) is 0.533. The predicted molar refractivity (Wildman–Crippen MR) is 38.4 cm³/mol. The molecule has 0 radical (unpaired) electrons. The highest BCUT2D eigenvalue weighted by molar-refractivity contribution is 5.91. The molecule has 0 saturated carbocycles. The van der Waals surface area contributed by atoms with Crippen molar-refractivity contribution in [2.45, 2.75) is 13.2 Å². The van der Waals surface area contributed by atoms with Gasteiger partial charge in [-0.15, -0.1) is 0 Å². The van der Waals surface area contributed by atoms with Crippen LogP contribution in [-0.2, 0) is 19.3 Å². The summed E-state index contributed by atoms with van der Waals surface area (Å²) in [6.07, 6.45) is -0.666. The van der Waals surface area contributed by atoms with Crippen LogP contribution in [0.1, 0.15) is 6.92 Å². The van der Waals surface area contributed by atoms with Gasteiger partial charge in [0.15, 0.2) is 6.29 Å². The zero-order valence-corrected chi connectivity index (χ0v) is 6.86. The first-order chi connectivity index (χ1) is 5.61. The first-order valence-corrected chi connectivity index (χ1v) is 3.11. The molecule has 5 heteroatoms. The molecule has 0 saturated heterocycles. The molecular weight excluding hydrogens is 162 g/mol. The molecular formula is C7H9NO4. The molecule has 12 heavy (non-hydrogen) atoms. The number of hydrogen-bond acceptors (Lipinski definition) is 5. The quantitative estimate of drug-likeness (QED) is 0.203. The number of rotatable bonds is 4. The fourth-order valence-corrected chi connectivity index (χ4v) is 0.247. The van der Waals surface area contributed by atoms with Crippen molar-refractivity contribution in [1.29, 1.82) is 5.26 Å². The zero-order chi connectivity index (χ0) is 9.56. The van der Waals surface area contributed by atoms with Crippen LogP contribution in [-0.4, -0.2) is 19.4 Å². The van der Waals surface area contributed by atoms with Gasteiger partial charge in [-0.1, -0.05) is 6.58 Å². The topological polar surface area (TPSA) is 68.6 Å². The summed E-state index contributed by atoms with van der Waals surface area (Å²) < 4.78 is 4.60. The van der Waals surface area contributed by atoms with E-state index in [0.717, 1.165) is 0 Å². The lowest BCUT2D eigenvalue weighted by Crippen LogP contribution is -2.15. The molecule has 0 aliphatic carbocycles. The number of nitrogens with zero attached hydrogens (tertiary/aromatic N) is 1. The van der Waals surface area contributed by atoms with Crippen molar-refractivity contribution in [1.82, 2.24) is 0 Å². The van der Waals surface area contributed by atoms with Crippen LogP contribution in [0.2, 0.25) is 0 Å². The average Bonchev–Trinajstić information content (AvgIpc) is 2.11. The minimum absolute atomic E-state index is 0.321. The van der Waals surface area contributed by atoms with Gasteiger partial charge in [0.05, 0.1) is 0 Å². The van der Waals surface area contributed by atoms with Gasteiger partial charge >= 0.3 is 5.97 Å². The zero-order valence-electron chi connectivity index (χ0n) is 6.86. The van der Waals surface area contributed by atoms with E-state index in [4.69, 9.17) is 5.26 Å². The second kappa shape index (κ2) is 5.29. The Kier molecular flexibility index (Phi) is 4.69. The number of nitriles is 1. The molecule has 0 aliphatic rings. The summed E-state index contributed by atoms with van der Waals surface area (Å²) in [7, 11) is 1.39. The van der Waals surface area contributed by atoms with E-state index in [1.54, 1.807) is 0 Å². The van der Waals surface area contributed by atoms with Crippen molar-refractivity contribution >= 4 is 5.97 Å². The normalized spacial score (nSPS) is 11.4. The summed E-state index contributed by atoms with van der Waals surface area (Å²) >= 11 is 0. The van der Waals surface area contributed by atoms with Gasteiger partial charge in [-0.25, -0.2) is 4.79 Å². The van der Waals surface area contributed by atoms with Crippen molar-refractivity contribution in [3.05, 3.63) is 12.2 Å². The van der Waals surface area contributed by atoms with Gasteiger partial charge in [0.2, 0.25) is 0 Å². The molecule has 0 fully saturated rings.